The molecule has 2 heterocycles. The van der Waals surface area contributed by atoms with Crippen LogP contribution in [0.5, 0.6) is 0 Å². The van der Waals surface area contributed by atoms with Gasteiger partial charge in [-0.3, -0.25) is 9.59 Å². The number of amides is 1. The van der Waals surface area contributed by atoms with Gasteiger partial charge in [-0.2, -0.15) is 0 Å². The summed E-state index contributed by atoms with van der Waals surface area (Å²) in [6, 6.07) is 8.16. The molecule has 194 valence electrons. The number of carbonyl (C=O) groups excluding carboxylic acids is 1. The first-order valence-corrected chi connectivity index (χ1v) is 13.0. The summed E-state index contributed by atoms with van der Waals surface area (Å²) in [5.74, 6) is 0.308. The third-order valence-electron chi connectivity index (χ3n) is 7.37. The van der Waals surface area contributed by atoms with E-state index >= 15 is 0 Å². The highest BCUT2D eigenvalue weighted by atomic mass is 16.2. The van der Waals surface area contributed by atoms with Crippen molar-refractivity contribution in [1.82, 2.24) is 9.88 Å². The van der Waals surface area contributed by atoms with Crippen LogP contribution in [-0.2, 0) is 6.54 Å². The number of anilines is 1. The number of benzene rings is 1. The molecular weight excluding hydrogens is 464 g/mol. The third-order valence-corrected chi connectivity index (χ3v) is 7.37. The number of hydrogen-bond donors (Lipinski definition) is 3. The van der Waals surface area contributed by atoms with Gasteiger partial charge in [0.15, 0.2) is 0 Å². The van der Waals surface area contributed by atoms with Crippen molar-refractivity contribution in [2.45, 2.75) is 82.8 Å². The molecule has 8 nitrogen and oxygen atoms in total. The van der Waals surface area contributed by atoms with Gasteiger partial charge in [0.2, 0.25) is 0 Å². The highest BCUT2D eigenvalue weighted by Gasteiger charge is 2.33. The van der Waals surface area contributed by atoms with E-state index in [9.17, 15) is 9.59 Å². The van der Waals surface area contributed by atoms with Crippen molar-refractivity contribution < 1.29 is 4.79 Å². The molecule has 1 aromatic carbocycles. The lowest BCUT2D eigenvalue weighted by atomic mass is 9.94. The highest BCUT2D eigenvalue weighted by molar-refractivity contribution is 6.04. The van der Waals surface area contributed by atoms with Crippen LogP contribution < -0.4 is 16.6 Å². The van der Waals surface area contributed by atoms with Gasteiger partial charge in [0.25, 0.3) is 11.5 Å². The van der Waals surface area contributed by atoms with Crippen LogP contribution in [-0.4, -0.2) is 33.7 Å². The molecule has 8 heteroatoms. The van der Waals surface area contributed by atoms with Gasteiger partial charge in [0.05, 0.1) is 11.4 Å². The molecule has 0 bridgehead atoms. The zero-order valence-corrected chi connectivity index (χ0v) is 21.3. The number of aliphatic imine (C=N–C) groups is 1. The molecule has 0 radical (unpaired) electrons. The number of nitrogens with one attached hydrogen (secondary N) is 2. The SMILES string of the molecule is C#C.C#N.NC(=Nc1ccc2c(c1)CN(C1CCCCC1)C2=O)c1c(NC2CCCCC2)cc[nH]c1=O. The Hall–Kier alpha value is -4.04. The van der Waals surface area contributed by atoms with E-state index in [2.05, 4.69) is 34.7 Å². The number of pyridine rings is 1. The molecule has 2 aliphatic carbocycles. The van der Waals surface area contributed by atoms with Crippen molar-refractivity contribution in [3.8, 4) is 19.4 Å². The maximum absolute atomic E-state index is 12.9. The summed E-state index contributed by atoms with van der Waals surface area (Å²) in [6.45, 7) is 4.13. The van der Waals surface area contributed by atoms with Crippen molar-refractivity contribution >= 4 is 23.1 Å². The second kappa shape index (κ2) is 13.3. The van der Waals surface area contributed by atoms with Crippen LogP contribution in [0.25, 0.3) is 0 Å². The molecule has 37 heavy (non-hydrogen) atoms. The Kier molecular flexibility index (Phi) is 9.92. The van der Waals surface area contributed by atoms with Crippen molar-refractivity contribution in [3.63, 3.8) is 0 Å². The first-order valence-electron chi connectivity index (χ1n) is 13.0. The Bertz CT molecular complexity index is 1190. The number of fused-ring (bicyclic) bond motifs is 1. The van der Waals surface area contributed by atoms with Crippen molar-refractivity contribution in [2.75, 3.05) is 5.32 Å². The minimum Gasteiger partial charge on any atom is -0.383 e. The predicted molar refractivity (Wildman–Crippen MR) is 148 cm³/mol. The van der Waals surface area contributed by atoms with E-state index in [1.807, 2.05) is 29.2 Å². The van der Waals surface area contributed by atoms with Gasteiger partial charge in [-0.05, 0) is 55.5 Å². The van der Waals surface area contributed by atoms with Gasteiger partial charge in [-0.25, -0.2) is 10.3 Å². The van der Waals surface area contributed by atoms with Crippen LogP contribution in [0.15, 0.2) is 40.2 Å². The largest absolute Gasteiger partial charge is 0.383 e. The topological polar surface area (TPSA) is 127 Å². The Morgan fingerprint density at radius 2 is 1.65 bits per heavy atom. The van der Waals surface area contributed by atoms with Gasteiger partial charge >= 0.3 is 0 Å². The maximum Gasteiger partial charge on any atom is 0.261 e. The summed E-state index contributed by atoms with van der Waals surface area (Å²) >= 11 is 0. The monoisotopic (exact) mass is 500 g/mol. The van der Waals surface area contributed by atoms with E-state index < -0.39 is 0 Å². The summed E-state index contributed by atoms with van der Waals surface area (Å²) in [5, 5.41) is 10.0. The van der Waals surface area contributed by atoms with Crippen LogP contribution in [0.2, 0.25) is 0 Å². The second-order valence-electron chi connectivity index (χ2n) is 9.64. The number of nitriles is 1. The molecule has 2 saturated carbocycles. The fourth-order valence-electron chi connectivity index (χ4n) is 5.60. The average molecular weight is 501 g/mol. The number of hydrogen-bond acceptors (Lipinski definition) is 5. The van der Waals surface area contributed by atoms with E-state index in [-0.39, 0.29) is 17.3 Å². The number of amidine groups is 1. The van der Waals surface area contributed by atoms with Gasteiger partial charge < -0.3 is 20.9 Å². The smallest absolute Gasteiger partial charge is 0.261 e. The quantitative estimate of drug-likeness (QED) is 0.308. The third kappa shape index (κ3) is 6.40. The van der Waals surface area contributed by atoms with Crippen LogP contribution in [0, 0.1) is 24.7 Å². The molecule has 0 spiro atoms. The van der Waals surface area contributed by atoms with E-state index in [1.54, 1.807) is 6.20 Å². The fourth-order valence-corrected chi connectivity index (χ4v) is 5.60. The summed E-state index contributed by atoms with van der Waals surface area (Å²) in [4.78, 5) is 34.9. The van der Waals surface area contributed by atoms with Crippen LogP contribution in [0.1, 0.15) is 85.7 Å². The first-order chi connectivity index (χ1) is 18.1. The Labute approximate surface area is 219 Å². The normalized spacial score (nSPS) is 18.1. The molecule has 3 aliphatic rings. The van der Waals surface area contributed by atoms with Crippen molar-refractivity contribution in [1.29, 1.82) is 5.26 Å². The Balaban J connectivity index is 0.000000907. The van der Waals surface area contributed by atoms with Gasteiger partial charge in [-0.15, -0.1) is 12.8 Å². The summed E-state index contributed by atoms with van der Waals surface area (Å²) in [6.07, 6.45) is 21.3. The number of carbonyl (C=O) groups is 1. The number of aromatic nitrogens is 1. The lowest BCUT2D eigenvalue weighted by Crippen LogP contribution is -2.36. The zero-order valence-electron chi connectivity index (χ0n) is 21.3. The molecule has 0 saturated heterocycles. The van der Waals surface area contributed by atoms with Gasteiger partial charge in [-0.1, -0.05) is 38.5 Å². The van der Waals surface area contributed by atoms with Crippen molar-refractivity contribution in [2.24, 2.45) is 10.7 Å². The minimum atomic E-state index is -0.253. The molecule has 5 rings (SSSR count). The molecule has 1 aromatic heterocycles. The van der Waals surface area contributed by atoms with E-state index in [1.165, 1.54) is 38.5 Å². The summed E-state index contributed by atoms with van der Waals surface area (Å²) in [5.41, 5.74) is 9.63. The lowest BCUT2D eigenvalue weighted by molar-refractivity contribution is 0.0660. The number of aromatic amines is 1. The van der Waals surface area contributed by atoms with Crippen LogP contribution in [0.4, 0.5) is 11.4 Å². The minimum absolute atomic E-state index is 0.124. The van der Waals surface area contributed by atoms with Gasteiger partial charge in [0.1, 0.15) is 11.4 Å². The zero-order chi connectivity index (χ0) is 26.8. The fraction of sp³-hybridized carbons (Fsp3) is 0.448. The maximum atomic E-state index is 12.9. The second-order valence-corrected chi connectivity index (χ2v) is 9.64. The number of rotatable bonds is 5. The Morgan fingerprint density at radius 3 is 2.32 bits per heavy atom. The molecule has 0 atom stereocenters. The number of H-pyrrole nitrogens is 1. The van der Waals surface area contributed by atoms with Gasteiger partial charge in [0, 0.05) is 37.0 Å². The lowest BCUT2D eigenvalue weighted by Gasteiger charge is -2.30. The molecule has 4 N–H and O–H groups in total. The first kappa shape index (κ1) is 27.5. The predicted octanol–water partition coefficient (Wildman–Crippen LogP) is 4.83. The number of nitrogens with two attached hydrogens (primary N) is 1. The van der Waals surface area contributed by atoms with Crippen LogP contribution >= 0.6 is 0 Å². The average Bonchev–Trinajstić information content (AvgIpc) is 3.27. The van der Waals surface area contributed by atoms with Crippen molar-refractivity contribution in [3.05, 3.63) is 57.5 Å². The summed E-state index contributed by atoms with van der Waals surface area (Å²) in [7, 11) is 0. The molecular formula is C29H36N6O2. The molecule has 2 fully saturated rings. The molecule has 1 amide bonds. The van der Waals surface area contributed by atoms with E-state index in [4.69, 9.17) is 11.0 Å². The standard InChI is InChI=1S/C26H33N5O2.C2H2.CHN/c27-24(23-22(13-14-28-25(23)32)29-18-7-3-1-4-8-18)30-19-11-12-21-17(15-19)16-31(26(21)33)20-9-5-2-6-10-20;2*1-2/h11-15,18,20H,1-10,16H2,(H2,27,30)(H2,28,29,32);1-2H;1H. The highest BCUT2D eigenvalue weighted by Crippen LogP contribution is 2.33. The molecule has 1 aliphatic heterocycles. The van der Waals surface area contributed by atoms with E-state index in [0.29, 0.717) is 29.9 Å². The molecule has 2 aromatic rings. The Morgan fingerprint density at radius 1 is 1.00 bits per heavy atom. The van der Waals surface area contributed by atoms with E-state index in [0.717, 1.165) is 42.5 Å². The number of terminal acetylenes is 1. The molecule has 0 unspecified atom stereocenters. The number of nitrogens with zero attached hydrogens (tertiary/aromatic N) is 3. The van der Waals surface area contributed by atoms with Crippen LogP contribution in [0.3, 0.4) is 0 Å². The summed E-state index contributed by atoms with van der Waals surface area (Å²) < 4.78 is 0.